The van der Waals surface area contributed by atoms with E-state index in [1.807, 2.05) is 0 Å². The minimum atomic E-state index is -0.0618. The number of nitrogens with one attached hydrogen (secondary N) is 1. The van der Waals surface area contributed by atoms with Crippen molar-refractivity contribution < 1.29 is 4.79 Å². The zero-order chi connectivity index (χ0) is 15.4. The summed E-state index contributed by atoms with van der Waals surface area (Å²) in [5, 5.41) is 3.60. The number of aromatic nitrogens is 2. The van der Waals surface area contributed by atoms with Crippen molar-refractivity contribution in [2.75, 3.05) is 23.3 Å². The smallest absolute Gasteiger partial charge is 0.229 e. The van der Waals surface area contributed by atoms with Crippen molar-refractivity contribution in [3.8, 4) is 0 Å². The molecule has 0 unspecified atom stereocenters. The number of anilines is 2. The maximum atomic E-state index is 12.4. The van der Waals surface area contributed by atoms with Crippen LogP contribution in [0.4, 0.5) is 11.6 Å². The molecule has 1 N–H and O–H groups in total. The van der Waals surface area contributed by atoms with Gasteiger partial charge < -0.3 is 10.2 Å². The van der Waals surface area contributed by atoms with Crippen LogP contribution in [0.3, 0.4) is 0 Å². The van der Waals surface area contributed by atoms with Gasteiger partial charge in [-0.2, -0.15) is 0 Å². The standard InChI is InChI=1S/C16H17ClN4O/c17-13-4-6-14(7-5-13)20-15(22)12-3-1-10-21(11-12)16-18-8-2-9-19-16/h2,4-9,12H,1,3,10-11H2,(H,20,22)/t12-/m1/s1. The SMILES string of the molecule is O=C(Nc1ccc(Cl)cc1)[C@@H]1CCCN(c2ncccn2)C1. The second-order valence-electron chi connectivity index (χ2n) is 5.33. The van der Waals surface area contributed by atoms with Gasteiger partial charge in [0.25, 0.3) is 0 Å². The fourth-order valence-corrected chi connectivity index (χ4v) is 2.73. The Balaban J connectivity index is 1.64. The molecule has 114 valence electrons. The molecule has 1 fully saturated rings. The first-order valence-electron chi connectivity index (χ1n) is 7.31. The number of piperidine rings is 1. The largest absolute Gasteiger partial charge is 0.340 e. The highest BCUT2D eigenvalue weighted by atomic mass is 35.5. The molecule has 22 heavy (non-hydrogen) atoms. The highest BCUT2D eigenvalue weighted by Gasteiger charge is 2.27. The minimum absolute atomic E-state index is 0.0305. The molecule has 0 radical (unpaired) electrons. The lowest BCUT2D eigenvalue weighted by molar-refractivity contribution is -0.120. The number of rotatable bonds is 3. The molecule has 2 heterocycles. The van der Waals surface area contributed by atoms with Gasteiger partial charge in [-0.05, 0) is 43.2 Å². The summed E-state index contributed by atoms with van der Waals surface area (Å²) in [6.07, 6.45) is 5.28. The van der Waals surface area contributed by atoms with Gasteiger partial charge in [-0.15, -0.1) is 0 Å². The van der Waals surface area contributed by atoms with Crippen LogP contribution in [-0.4, -0.2) is 29.0 Å². The average molecular weight is 317 g/mol. The molecule has 2 aromatic rings. The molecule has 1 atom stereocenters. The Morgan fingerprint density at radius 3 is 2.68 bits per heavy atom. The van der Waals surface area contributed by atoms with Crippen LogP contribution in [0.25, 0.3) is 0 Å². The minimum Gasteiger partial charge on any atom is -0.340 e. The topological polar surface area (TPSA) is 58.1 Å². The summed E-state index contributed by atoms with van der Waals surface area (Å²) in [5.41, 5.74) is 0.766. The van der Waals surface area contributed by atoms with E-state index < -0.39 is 0 Å². The third kappa shape index (κ3) is 3.54. The fraction of sp³-hybridized carbons (Fsp3) is 0.312. The fourth-order valence-electron chi connectivity index (χ4n) is 2.60. The van der Waals surface area contributed by atoms with Gasteiger partial charge >= 0.3 is 0 Å². The summed E-state index contributed by atoms with van der Waals surface area (Å²) in [4.78, 5) is 23.0. The Morgan fingerprint density at radius 2 is 1.95 bits per heavy atom. The lowest BCUT2D eigenvalue weighted by Crippen LogP contribution is -2.41. The van der Waals surface area contributed by atoms with Crippen LogP contribution in [-0.2, 0) is 4.79 Å². The molecule has 1 aliphatic heterocycles. The van der Waals surface area contributed by atoms with Gasteiger partial charge in [0, 0.05) is 36.2 Å². The number of hydrogen-bond acceptors (Lipinski definition) is 4. The van der Waals surface area contributed by atoms with Gasteiger partial charge in [-0.25, -0.2) is 9.97 Å². The van der Waals surface area contributed by atoms with Crippen molar-refractivity contribution in [1.29, 1.82) is 0 Å². The summed E-state index contributed by atoms with van der Waals surface area (Å²) >= 11 is 5.85. The molecule has 0 saturated carbocycles. The molecule has 6 heteroatoms. The maximum Gasteiger partial charge on any atom is 0.229 e. The number of carbonyl (C=O) groups excluding carboxylic acids is 1. The molecule has 1 saturated heterocycles. The summed E-state index contributed by atoms with van der Waals surface area (Å²) in [6, 6.07) is 8.94. The predicted molar refractivity (Wildman–Crippen MR) is 87.1 cm³/mol. The lowest BCUT2D eigenvalue weighted by Gasteiger charge is -2.31. The second kappa shape index (κ2) is 6.75. The van der Waals surface area contributed by atoms with Crippen LogP contribution in [0.1, 0.15) is 12.8 Å². The van der Waals surface area contributed by atoms with Gasteiger partial charge in [0.1, 0.15) is 0 Å². The van der Waals surface area contributed by atoms with Gasteiger partial charge in [-0.3, -0.25) is 4.79 Å². The van der Waals surface area contributed by atoms with Crippen molar-refractivity contribution in [3.63, 3.8) is 0 Å². The number of hydrogen-bond donors (Lipinski definition) is 1. The Bertz CT molecular complexity index is 632. The number of halogens is 1. The normalized spacial score (nSPS) is 18.0. The first-order valence-corrected chi connectivity index (χ1v) is 7.68. The molecule has 5 nitrogen and oxygen atoms in total. The zero-order valence-electron chi connectivity index (χ0n) is 12.1. The molecular formula is C16H17ClN4O. The monoisotopic (exact) mass is 316 g/mol. The van der Waals surface area contributed by atoms with Crippen molar-refractivity contribution in [1.82, 2.24) is 9.97 Å². The Labute approximate surface area is 134 Å². The molecule has 1 amide bonds. The highest BCUT2D eigenvalue weighted by molar-refractivity contribution is 6.30. The van der Waals surface area contributed by atoms with Crippen LogP contribution >= 0.6 is 11.6 Å². The van der Waals surface area contributed by atoms with E-state index >= 15 is 0 Å². The van der Waals surface area contributed by atoms with E-state index in [0.29, 0.717) is 17.5 Å². The van der Waals surface area contributed by atoms with E-state index in [9.17, 15) is 4.79 Å². The molecule has 1 aromatic carbocycles. The van der Waals surface area contributed by atoms with Crippen molar-refractivity contribution in [3.05, 3.63) is 47.7 Å². The third-order valence-corrected chi connectivity index (χ3v) is 3.99. The number of amides is 1. The van der Waals surface area contributed by atoms with E-state index in [1.54, 1.807) is 42.7 Å². The quantitative estimate of drug-likeness (QED) is 0.945. The van der Waals surface area contributed by atoms with Gasteiger partial charge in [-0.1, -0.05) is 11.6 Å². The molecule has 0 spiro atoms. The van der Waals surface area contributed by atoms with E-state index in [0.717, 1.165) is 25.1 Å². The number of benzene rings is 1. The highest BCUT2D eigenvalue weighted by Crippen LogP contribution is 2.22. The second-order valence-corrected chi connectivity index (χ2v) is 5.77. The van der Waals surface area contributed by atoms with Gasteiger partial charge in [0.2, 0.25) is 11.9 Å². The number of carbonyl (C=O) groups is 1. The van der Waals surface area contributed by atoms with Crippen molar-refractivity contribution >= 4 is 29.1 Å². The molecule has 1 aromatic heterocycles. The third-order valence-electron chi connectivity index (χ3n) is 3.74. The summed E-state index contributed by atoms with van der Waals surface area (Å²) in [6.45, 7) is 1.53. The molecule has 1 aliphatic rings. The Hall–Kier alpha value is -2.14. The number of nitrogens with zero attached hydrogens (tertiary/aromatic N) is 3. The van der Waals surface area contributed by atoms with E-state index in [-0.39, 0.29) is 11.8 Å². The molecule has 0 aliphatic carbocycles. The van der Waals surface area contributed by atoms with Crippen molar-refractivity contribution in [2.45, 2.75) is 12.8 Å². The molecule has 3 rings (SSSR count). The summed E-state index contributed by atoms with van der Waals surface area (Å²) in [7, 11) is 0. The Kier molecular flexibility index (Phi) is 4.53. The maximum absolute atomic E-state index is 12.4. The first kappa shape index (κ1) is 14.8. The lowest BCUT2D eigenvalue weighted by atomic mass is 9.97. The van der Waals surface area contributed by atoms with Crippen LogP contribution in [0.2, 0.25) is 5.02 Å². The van der Waals surface area contributed by atoms with Crippen LogP contribution in [0.15, 0.2) is 42.7 Å². The van der Waals surface area contributed by atoms with Crippen LogP contribution < -0.4 is 10.2 Å². The van der Waals surface area contributed by atoms with E-state index in [2.05, 4.69) is 20.2 Å². The van der Waals surface area contributed by atoms with Crippen molar-refractivity contribution in [2.24, 2.45) is 5.92 Å². The van der Waals surface area contributed by atoms with Crippen LogP contribution in [0, 0.1) is 5.92 Å². The molecule has 0 bridgehead atoms. The van der Waals surface area contributed by atoms with E-state index in [1.165, 1.54) is 0 Å². The first-order chi connectivity index (χ1) is 10.7. The van der Waals surface area contributed by atoms with Gasteiger partial charge in [0.05, 0.1) is 5.92 Å². The predicted octanol–water partition coefficient (Wildman–Crippen LogP) is 2.99. The average Bonchev–Trinajstić information content (AvgIpc) is 2.58. The summed E-state index contributed by atoms with van der Waals surface area (Å²) in [5.74, 6) is 0.655. The van der Waals surface area contributed by atoms with Crippen LogP contribution in [0.5, 0.6) is 0 Å². The van der Waals surface area contributed by atoms with Gasteiger partial charge in [0.15, 0.2) is 0 Å². The summed E-state index contributed by atoms with van der Waals surface area (Å²) < 4.78 is 0. The van der Waals surface area contributed by atoms with E-state index in [4.69, 9.17) is 11.6 Å². The zero-order valence-corrected chi connectivity index (χ0v) is 12.8. The Morgan fingerprint density at radius 1 is 1.23 bits per heavy atom. The molecular weight excluding hydrogens is 300 g/mol.